The Kier molecular flexibility index (Phi) is 9.00. The Hall–Kier alpha value is -4.84. The van der Waals surface area contributed by atoms with E-state index in [4.69, 9.17) is 14.2 Å². The molecule has 9 nitrogen and oxygen atoms in total. The van der Waals surface area contributed by atoms with Crippen molar-refractivity contribution in [3.05, 3.63) is 99.1 Å². The number of nitrogens with one attached hydrogen (secondary N) is 1. The molecule has 0 heterocycles. The molecule has 0 aliphatic rings. The number of nitro benzene ring substituents is 1. The van der Waals surface area contributed by atoms with E-state index in [2.05, 4.69) is 5.32 Å². The van der Waals surface area contributed by atoms with Crippen LogP contribution >= 0.6 is 0 Å². The van der Waals surface area contributed by atoms with Crippen LogP contribution in [0.1, 0.15) is 23.6 Å². The summed E-state index contributed by atoms with van der Waals surface area (Å²) < 4.78 is 16.6. The molecule has 0 aromatic heterocycles. The Labute approximate surface area is 208 Å². The fourth-order valence-corrected chi connectivity index (χ4v) is 3.26. The van der Waals surface area contributed by atoms with Crippen molar-refractivity contribution in [3.8, 4) is 23.3 Å². The van der Waals surface area contributed by atoms with Crippen molar-refractivity contribution in [1.82, 2.24) is 5.32 Å². The van der Waals surface area contributed by atoms with Crippen molar-refractivity contribution >= 4 is 17.7 Å². The van der Waals surface area contributed by atoms with Crippen molar-refractivity contribution in [2.45, 2.75) is 20.1 Å². The average molecular weight is 488 g/mol. The highest BCUT2D eigenvalue weighted by Gasteiger charge is 2.12. The van der Waals surface area contributed by atoms with Gasteiger partial charge in [0.2, 0.25) is 0 Å². The van der Waals surface area contributed by atoms with E-state index < -0.39 is 10.8 Å². The van der Waals surface area contributed by atoms with Gasteiger partial charge in [-0.05, 0) is 54.0 Å². The molecule has 3 aromatic rings. The first-order chi connectivity index (χ1) is 17.4. The van der Waals surface area contributed by atoms with Crippen LogP contribution in [-0.4, -0.2) is 24.5 Å². The summed E-state index contributed by atoms with van der Waals surface area (Å²) in [6, 6.07) is 20.4. The Morgan fingerprint density at radius 1 is 1.06 bits per heavy atom. The molecule has 0 spiro atoms. The normalized spacial score (nSPS) is 10.8. The molecule has 0 aliphatic heterocycles. The standard InChI is InChI=1S/C27H25N3O6/c1-3-35-26-15-20(9-12-25(26)36-18-21-5-4-6-23(14-21)30(32)33)13-22(16-28)27(31)29-17-19-7-10-24(34-2)11-8-19/h4-15H,3,17-18H2,1-2H3,(H,29,31)/b22-13-. The van der Waals surface area contributed by atoms with Gasteiger partial charge in [-0.1, -0.05) is 30.3 Å². The summed E-state index contributed by atoms with van der Waals surface area (Å²) in [4.78, 5) is 23.1. The zero-order valence-electron chi connectivity index (χ0n) is 19.9. The molecule has 3 rings (SSSR count). The first-order valence-electron chi connectivity index (χ1n) is 11.1. The minimum absolute atomic E-state index is 0.0177. The number of ether oxygens (including phenoxy) is 3. The number of hydrogen-bond donors (Lipinski definition) is 1. The molecule has 3 aromatic carbocycles. The predicted octanol–water partition coefficient (Wildman–Crippen LogP) is 4.80. The lowest BCUT2D eigenvalue weighted by atomic mass is 10.1. The molecule has 0 radical (unpaired) electrons. The lowest BCUT2D eigenvalue weighted by Crippen LogP contribution is -2.23. The fourth-order valence-electron chi connectivity index (χ4n) is 3.26. The quantitative estimate of drug-likeness (QED) is 0.178. The van der Waals surface area contributed by atoms with E-state index in [1.165, 1.54) is 18.2 Å². The van der Waals surface area contributed by atoms with Crippen LogP contribution in [-0.2, 0) is 17.9 Å². The maximum absolute atomic E-state index is 12.6. The largest absolute Gasteiger partial charge is 0.497 e. The van der Waals surface area contributed by atoms with Gasteiger partial charge in [0.1, 0.15) is 24.0 Å². The van der Waals surface area contributed by atoms with Gasteiger partial charge in [-0.25, -0.2) is 0 Å². The molecule has 36 heavy (non-hydrogen) atoms. The summed E-state index contributed by atoms with van der Waals surface area (Å²) in [5, 5.41) is 23.2. The van der Waals surface area contributed by atoms with E-state index >= 15 is 0 Å². The van der Waals surface area contributed by atoms with Gasteiger partial charge >= 0.3 is 0 Å². The number of methoxy groups -OCH3 is 1. The predicted molar refractivity (Wildman–Crippen MR) is 133 cm³/mol. The van der Waals surface area contributed by atoms with Crippen LogP contribution in [0.25, 0.3) is 6.08 Å². The molecule has 0 atom stereocenters. The second-order valence-corrected chi connectivity index (χ2v) is 7.56. The van der Waals surface area contributed by atoms with E-state index in [9.17, 15) is 20.2 Å². The van der Waals surface area contributed by atoms with Gasteiger partial charge in [-0.15, -0.1) is 0 Å². The third-order valence-corrected chi connectivity index (χ3v) is 5.07. The summed E-state index contributed by atoms with van der Waals surface area (Å²) in [7, 11) is 1.58. The molecule has 184 valence electrons. The van der Waals surface area contributed by atoms with E-state index in [1.807, 2.05) is 25.1 Å². The lowest BCUT2D eigenvalue weighted by Gasteiger charge is -2.13. The van der Waals surface area contributed by atoms with E-state index in [1.54, 1.807) is 49.6 Å². The van der Waals surface area contributed by atoms with Gasteiger partial charge in [0.05, 0.1) is 18.6 Å². The average Bonchev–Trinajstić information content (AvgIpc) is 2.90. The number of amides is 1. The monoisotopic (exact) mass is 487 g/mol. The molecule has 1 N–H and O–H groups in total. The highest BCUT2D eigenvalue weighted by molar-refractivity contribution is 6.01. The molecular weight excluding hydrogens is 462 g/mol. The van der Waals surface area contributed by atoms with Crippen LogP contribution in [0.2, 0.25) is 0 Å². The summed E-state index contributed by atoms with van der Waals surface area (Å²) >= 11 is 0. The van der Waals surface area contributed by atoms with Crippen LogP contribution in [0, 0.1) is 21.4 Å². The number of rotatable bonds is 11. The van der Waals surface area contributed by atoms with Crippen molar-refractivity contribution in [1.29, 1.82) is 5.26 Å². The van der Waals surface area contributed by atoms with Crippen LogP contribution in [0.4, 0.5) is 5.69 Å². The Morgan fingerprint density at radius 3 is 2.50 bits per heavy atom. The third kappa shape index (κ3) is 7.08. The minimum Gasteiger partial charge on any atom is -0.497 e. The highest BCUT2D eigenvalue weighted by atomic mass is 16.6. The van der Waals surface area contributed by atoms with E-state index in [0.717, 1.165) is 5.56 Å². The molecular formula is C27H25N3O6. The molecule has 1 amide bonds. The number of benzene rings is 3. The fraction of sp³-hybridized carbons (Fsp3) is 0.185. The number of hydrogen-bond acceptors (Lipinski definition) is 7. The Bertz CT molecular complexity index is 1300. The minimum atomic E-state index is -0.503. The van der Waals surface area contributed by atoms with Crippen LogP contribution in [0.5, 0.6) is 17.2 Å². The SMILES string of the molecule is CCOc1cc(/C=C(/C#N)C(=O)NCc2ccc(OC)cc2)ccc1OCc1cccc([N+](=O)[O-])c1. The third-order valence-electron chi connectivity index (χ3n) is 5.07. The molecule has 0 saturated carbocycles. The number of nitriles is 1. The first kappa shape index (κ1) is 25.8. The molecule has 9 heteroatoms. The number of nitrogens with zero attached hydrogens (tertiary/aromatic N) is 2. The van der Waals surface area contributed by atoms with Gasteiger partial charge in [0.15, 0.2) is 11.5 Å². The summed E-state index contributed by atoms with van der Waals surface area (Å²) in [6.07, 6.45) is 1.47. The molecule has 0 unspecified atom stereocenters. The van der Waals surface area contributed by atoms with Crippen molar-refractivity contribution < 1.29 is 23.9 Å². The van der Waals surface area contributed by atoms with E-state index in [-0.39, 0.29) is 24.4 Å². The Balaban J connectivity index is 1.71. The number of nitro groups is 1. The number of carbonyl (C=O) groups is 1. The van der Waals surface area contributed by atoms with Gasteiger partial charge in [0, 0.05) is 18.7 Å². The van der Waals surface area contributed by atoms with Crippen molar-refractivity contribution in [3.63, 3.8) is 0 Å². The van der Waals surface area contributed by atoms with Crippen LogP contribution < -0.4 is 19.5 Å². The van der Waals surface area contributed by atoms with Crippen molar-refractivity contribution in [2.24, 2.45) is 0 Å². The second-order valence-electron chi connectivity index (χ2n) is 7.56. The summed E-state index contributed by atoms with van der Waals surface area (Å²) in [6.45, 7) is 2.55. The van der Waals surface area contributed by atoms with Gasteiger partial charge < -0.3 is 19.5 Å². The maximum Gasteiger partial charge on any atom is 0.269 e. The van der Waals surface area contributed by atoms with Crippen LogP contribution in [0.3, 0.4) is 0 Å². The van der Waals surface area contributed by atoms with Crippen LogP contribution in [0.15, 0.2) is 72.3 Å². The first-order valence-corrected chi connectivity index (χ1v) is 11.1. The van der Waals surface area contributed by atoms with Gasteiger partial charge in [-0.2, -0.15) is 5.26 Å². The summed E-state index contributed by atoms with van der Waals surface area (Å²) in [5.41, 5.74) is 2.01. The molecule has 0 fully saturated rings. The molecule has 0 aliphatic carbocycles. The van der Waals surface area contributed by atoms with Crippen molar-refractivity contribution in [2.75, 3.05) is 13.7 Å². The highest BCUT2D eigenvalue weighted by Crippen LogP contribution is 2.30. The number of non-ortho nitro benzene ring substituents is 1. The number of carbonyl (C=O) groups excluding carboxylic acids is 1. The van der Waals surface area contributed by atoms with Gasteiger partial charge in [-0.3, -0.25) is 14.9 Å². The second kappa shape index (κ2) is 12.6. The molecule has 0 saturated heterocycles. The Morgan fingerprint density at radius 2 is 1.83 bits per heavy atom. The zero-order chi connectivity index (χ0) is 25.9. The van der Waals surface area contributed by atoms with Gasteiger partial charge in [0.25, 0.3) is 11.6 Å². The molecule has 0 bridgehead atoms. The lowest BCUT2D eigenvalue weighted by molar-refractivity contribution is -0.384. The smallest absolute Gasteiger partial charge is 0.269 e. The topological polar surface area (TPSA) is 124 Å². The van der Waals surface area contributed by atoms with E-state index in [0.29, 0.717) is 35.0 Å². The summed E-state index contributed by atoms with van der Waals surface area (Å²) in [5.74, 6) is 1.07. The maximum atomic E-state index is 12.6. The zero-order valence-corrected chi connectivity index (χ0v) is 19.9.